The summed E-state index contributed by atoms with van der Waals surface area (Å²) in [6.45, 7) is 0. The molecule has 1 atom stereocenters. The van der Waals surface area contributed by atoms with E-state index in [1.807, 2.05) is 0 Å². The molecule has 2 heteroatoms. The summed E-state index contributed by atoms with van der Waals surface area (Å²) < 4.78 is 0. The first-order valence-corrected chi connectivity index (χ1v) is 4.78. The topological polar surface area (TPSA) is 0 Å². The molecule has 2 bridgehead atoms. The maximum absolute atomic E-state index is 5.73. The lowest BCUT2D eigenvalue weighted by Gasteiger charge is -2.44. The Kier molecular flexibility index (Phi) is 2.03. The molecule has 0 N–H and O–H groups in total. The van der Waals surface area contributed by atoms with Gasteiger partial charge in [-0.15, -0.1) is 5.72 Å². The van der Waals surface area contributed by atoms with E-state index in [-0.39, 0.29) is 5.72 Å². The lowest BCUT2D eigenvalue weighted by atomic mass is 9.52. The average molecular weight is 144 g/mol. The van der Waals surface area contributed by atoms with Crippen molar-refractivity contribution in [2.45, 2.75) is 37.8 Å². The van der Waals surface area contributed by atoms with Crippen LogP contribution in [0.3, 0.4) is 0 Å². The van der Waals surface area contributed by atoms with Crippen LogP contribution in [0.2, 0.25) is 5.72 Å². The van der Waals surface area contributed by atoms with Gasteiger partial charge in [0.15, 0.2) is 0 Å². The number of hydrogen-bond donors (Lipinski definition) is 0. The minimum atomic E-state index is -0.0527. The Morgan fingerprint density at radius 3 is 1.91 bits per heavy atom. The van der Waals surface area contributed by atoms with Gasteiger partial charge < -0.3 is 0 Å². The summed E-state index contributed by atoms with van der Waals surface area (Å²) in [5.74, 6) is 2.46. The molecule has 0 spiro atoms. The van der Waals surface area contributed by atoms with Crippen LogP contribution in [0.1, 0.15) is 32.1 Å². The first kappa shape index (κ1) is 7.76. The second-order valence-corrected chi connectivity index (χ2v) is 4.26. The van der Waals surface area contributed by atoms with Crippen molar-refractivity contribution in [2.75, 3.05) is 0 Å². The summed E-state index contributed by atoms with van der Waals surface area (Å²) in [6.07, 6.45) is 6.96. The maximum atomic E-state index is 5.73. The van der Waals surface area contributed by atoms with Gasteiger partial charge in [-0.3, -0.25) is 0 Å². The van der Waals surface area contributed by atoms with Crippen LogP contribution in [0, 0.1) is 17.8 Å². The summed E-state index contributed by atoms with van der Waals surface area (Å²) in [5, 5.41) is 0. The van der Waals surface area contributed by atoms with Crippen LogP contribution >= 0.6 is 0 Å². The monoisotopic (exact) mass is 144 g/mol. The predicted octanol–water partition coefficient (Wildman–Crippen LogP) is 1.90. The molecule has 0 amide bonds. The van der Waals surface area contributed by atoms with Crippen LogP contribution in [-0.2, 0) is 0 Å². The van der Waals surface area contributed by atoms with Gasteiger partial charge in [0.1, 0.15) is 0 Å². The summed E-state index contributed by atoms with van der Waals surface area (Å²) in [4.78, 5) is 0. The minimum absolute atomic E-state index is 0.0527. The van der Waals surface area contributed by atoms with Crippen LogP contribution in [0.5, 0.6) is 0 Å². The Morgan fingerprint density at radius 2 is 1.64 bits per heavy atom. The first-order valence-electron chi connectivity index (χ1n) is 4.78. The van der Waals surface area contributed by atoms with Gasteiger partial charge in [0.05, 0.1) is 15.7 Å². The molecule has 0 aromatic carbocycles. The van der Waals surface area contributed by atoms with Crippen molar-refractivity contribution in [2.24, 2.45) is 17.8 Å². The van der Waals surface area contributed by atoms with Gasteiger partial charge in [-0.05, 0) is 31.1 Å². The SMILES string of the molecule is [B]C([B])C1CC2CCC1CC2. The van der Waals surface area contributed by atoms with Crippen LogP contribution in [0.15, 0.2) is 0 Å². The van der Waals surface area contributed by atoms with E-state index in [4.69, 9.17) is 15.7 Å². The lowest BCUT2D eigenvalue weighted by molar-refractivity contribution is 0.106. The minimum Gasteiger partial charge on any atom is -0.107 e. The van der Waals surface area contributed by atoms with Crippen LogP contribution in [-0.4, -0.2) is 15.7 Å². The normalized spacial score (nSPS) is 43.2. The van der Waals surface area contributed by atoms with Gasteiger partial charge >= 0.3 is 0 Å². The lowest BCUT2D eigenvalue weighted by Crippen LogP contribution is -2.33. The Balaban J connectivity index is 2.03. The highest BCUT2D eigenvalue weighted by Crippen LogP contribution is 2.47. The quantitative estimate of drug-likeness (QED) is 0.492. The van der Waals surface area contributed by atoms with Gasteiger partial charge in [-0.1, -0.05) is 18.8 Å². The van der Waals surface area contributed by atoms with E-state index in [9.17, 15) is 0 Å². The summed E-state index contributed by atoms with van der Waals surface area (Å²) >= 11 is 0. The molecule has 0 heterocycles. The Labute approximate surface area is 72.0 Å². The number of fused-ring (bicyclic) bond motifs is 3. The molecular formula is C9H14B2. The van der Waals surface area contributed by atoms with E-state index in [1.54, 1.807) is 0 Å². The molecule has 3 rings (SSSR count). The van der Waals surface area contributed by atoms with E-state index in [0.717, 1.165) is 11.8 Å². The molecule has 3 fully saturated rings. The molecule has 56 valence electrons. The Bertz CT molecular complexity index is 136. The Hall–Kier alpha value is 0.130. The fraction of sp³-hybridized carbons (Fsp3) is 1.00. The van der Waals surface area contributed by atoms with Crippen LogP contribution in [0.25, 0.3) is 0 Å². The smallest absolute Gasteiger partial charge is 0.0579 e. The molecule has 1 unspecified atom stereocenters. The summed E-state index contributed by atoms with van der Waals surface area (Å²) in [7, 11) is 11.5. The van der Waals surface area contributed by atoms with Gasteiger partial charge in [-0.2, -0.15) is 0 Å². The number of hydrogen-bond acceptors (Lipinski definition) is 0. The molecule has 3 aliphatic rings. The van der Waals surface area contributed by atoms with Crippen molar-refractivity contribution in [3.8, 4) is 0 Å². The average Bonchev–Trinajstić information content (AvgIpc) is 2.06. The van der Waals surface area contributed by atoms with Crippen molar-refractivity contribution in [3.63, 3.8) is 0 Å². The van der Waals surface area contributed by atoms with Crippen molar-refractivity contribution < 1.29 is 0 Å². The molecule has 0 aromatic rings. The highest BCUT2D eigenvalue weighted by molar-refractivity contribution is 6.35. The van der Waals surface area contributed by atoms with Crippen LogP contribution < -0.4 is 0 Å². The third-order valence-electron chi connectivity index (χ3n) is 3.60. The zero-order chi connectivity index (χ0) is 7.84. The standard InChI is InChI=1S/C9H14B2/c10-9(11)8-5-6-1-3-7(8)4-2-6/h6-9H,1-5H2. The van der Waals surface area contributed by atoms with E-state index in [2.05, 4.69) is 0 Å². The zero-order valence-electron chi connectivity index (χ0n) is 7.00. The third-order valence-corrected chi connectivity index (χ3v) is 3.60. The molecular weight excluding hydrogens is 130 g/mol. The summed E-state index contributed by atoms with van der Waals surface area (Å²) in [6, 6.07) is 0. The maximum Gasteiger partial charge on any atom is 0.0579 e. The fourth-order valence-corrected chi connectivity index (χ4v) is 2.90. The van der Waals surface area contributed by atoms with E-state index in [1.165, 1.54) is 32.1 Å². The second kappa shape index (κ2) is 2.88. The zero-order valence-corrected chi connectivity index (χ0v) is 7.00. The largest absolute Gasteiger partial charge is 0.107 e. The van der Waals surface area contributed by atoms with Crippen LogP contribution in [0.4, 0.5) is 0 Å². The second-order valence-electron chi connectivity index (χ2n) is 4.26. The number of rotatable bonds is 1. The first-order chi connectivity index (χ1) is 5.27. The fourth-order valence-electron chi connectivity index (χ4n) is 2.90. The van der Waals surface area contributed by atoms with Crippen molar-refractivity contribution in [1.82, 2.24) is 0 Å². The van der Waals surface area contributed by atoms with E-state index in [0.29, 0.717) is 5.92 Å². The molecule has 0 saturated heterocycles. The van der Waals surface area contributed by atoms with Crippen molar-refractivity contribution in [3.05, 3.63) is 0 Å². The van der Waals surface area contributed by atoms with Gasteiger partial charge in [0.2, 0.25) is 0 Å². The van der Waals surface area contributed by atoms with E-state index < -0.39 is 0 Å². The van der Waals surface area contributed by atoms with E-state index >= 15 is 0 Å². The third kappa shape index (κ3) is 1.37. The van der Waals surface area contributed by atoms with Gasteiger partial charge in [0.25, 0.3) is 0 Å². The van der Waals surface area contributed by atoms with Crippen molar-refractivity contribution in [1.29, 1.82) is 0 Å². The Morgan fingerprint density at radius 1 is 1.00 bits per heavy atom. The molecule has 3 aliphatic carbocycles. The van der Waals surface area contributed by atoms with Gasteiger partial charge in [-0.25, -0.2) is 0 Å². The molecule has 4 radical (unpaired) electrons. The molecule has 0 nitrogen and oxygen atoms in total. The molecule has 0 aliphatic heterocycles. The highest BCUT2D eigenvalue weighted by atomic mass is 14.4. The molecule has 0 aromatic heterocycles. The van der Waals surface area contributed by atoms with Gasteiger partial charge in [0, 0.05) is 0 Å². The van der Waals surface area contributed by atoms with Crippen molar-refractivity contribution >= 4 is 15.7 Å². The molecule has 3 saturated carbocycles. The highest BCUT2D eigenvalue weighted by Gasteiger charge is 2.36. The predicted molar refractivity (Wildman–Crippen MR) is 48.8 cm³/mol. The summed E-state index contributed by atoms with van der Waals surface area (Å²) in [5.41, 5.74) is -0.0527. The molecule has 11 heavy (non-hydrogen) atoms.